The predicted octanol–water partition coefficient (Wildman–Crippen LogP) is 1.53. The van der Waals surface area contributed by atoms with E-state index in [9.17, 15) is 19.7 Å². The van der Waals surface area contributed by atoms with Gasteiger partial charge in [0.05, 0.1) is 11.0 Å². The van der Waals surface area contributed by atoms with Crippen LogP contribution < -0.4 is 9.47 Å². The number of nitro groups is 1. The van der Waals surface area contributed by atoms with Crippen LogP contribution in [-0.2, 0) is 9.53 Å². The first kappa shape index (κ1) is 17.0. The molecule has 1 atom stereocenters. The Labute approximate surface area is 143 Å². The monoisotopic (exact) mass is 350 g/mol. The van der Waals surface area contributed by atoms with Gasteiger partial charge in [-0.05, 0) is 19.8 Å². The van der Waals surface area contributed by atoms with Crippen LogP contribution >= 0.6 is 0 Å². The molecule has 0 saturated carbocycles. The zero-order valence-corrected chi connectivity index (χ0v) is 13.7. The summed E-state index contributed by atoms with van der Waals surface area (Å²) in [6, 6.07) is 2.36. The highest BCUT2D eigenvalue weighted by atomic mass is 16.6. The number of amides is 1. The molecular weight excluding hydrogens is 332 g/mol. The standard InChI is InChI=1S/C16H18N2O7/c1-10(15(19)17-4-2-3-5-17)25-16(20)11-8-13-14(24-7-6-23-13)9-12(11)18(21)22/h8-10H,2-7H2,1H3/t10-/m1/s1. The van der Waals surface area contributed by atoms with E-state index >= 15 is 0 Å². The van der Waals surface area contributed by atoms with Gasteiger partial charge in [-0.25, -0.2) is 4.79 Å². The molecule has 0 N–H and O–H groups in total. The lowest BCUT2D eigenvalue weighted by atomic mass is 10.1. The number of carbonyl (C=O) groups is 2. The molecule has 1 aromatic rings. The molecule has 2 aliphatic heterocycles. The van der Waals surface area contributed by atoms with Gasteiger partial charge in [0.25, 0.3) is 11.6 Å². The van der Waals surface area contributed by atoms with Crippen LogP contribution in [0.1, 0.15) is 30.1 Å². The van der Waals surface area contributed by atoms with Crippen molar-refractivity contribution in [3.8, 4) is 11.5 Å². The third kappa shape index (κ3) is 3.49. The molecule has 0 unspecified atom stereocenters. The van der Waals surface area contributed by atoms with Crippen molar-refractivity contribution in [1.29, 1.82) is 0 Å². The highest BCUT2D eigenvalue weighted by molar-refractivity contribution is 5.96. The molecule has 1 fully saturated rings. The number of likely N-dealkylation sites (tertiary alicyclic amines) is 1. The number of nitro benzene ring substituents is 1. The molecule has 0 spiro atoms. The highest BCUT2D eigenvalue weighted by Crippen LogP contribution is 2.37. The Kier molecular flexibility index (Phi) is 4.73. The average Bonchev–Trinajstić information content (AvgIpc) is 3.14. The van der Waals surface area contributed by atoms with E-state index in [-0.39, 0.29) is 36.2 Å². The van der Waals surface area contributed by atoms with E-state index < -0.39 is 22.7 Å². The Morgan fingerprint density at radius 1 is 1.20 bits per heavy atom. The lowest BCUT2D eigenvalue weighted by Gasteiger charge is -2.21. The van der Waals surface area contributed by atoms with Crippen molar-refractivity contribution in [2.45, 2.75) is 25.9 Å². The van der Waals surface area contributed by atoms with Crippen molar-refractivity contribution in [2.75, 3.05) is 26.3 Å². The van der Waals surface area contributed by atoms with Crippen LogP contribution in [0.5, 0.6) is 11.5 Å². The highest BCUT2D eigenvalue weighted by Gasteiger charge is 2.31. The Bertz CT molecular complexity index is 713. The fourth-order valence-corrected chi connectivity index (χ4v) is 2.86. The summed E-state index contributed by atoms with van der Waals surface area (Å²) in [4.78, 5) is 36.8. The van der Waals surface area contributed by atoms with E-state index in [0.29, 0.717) is 13.1 Å². The van der Waals surface area contributed by atoms with Crippen LogP contribution in [0.15, 0.2) is 12.1 Å². The zero-order valence-electron chi connectivity index (χ0n) is 13.7. The number of esters is 1. The van der Waals surface area contributed by atoms with E-state index in [2.05, 4.69) is 0 Å². The molecule has 1 saturated heterocycles. The topological polar surface area (TPSA) is 108 Å². The quantitative estimate of drug-likeness (QED) is 0.460. The molecule has 3 rings (SSSR count). The minimum atomic E-state index is -1.02. The summed E-state index contributed by atoms with van der Waals surface area (Å²) in [5.41, 5.74) is -0.717. The lowest BCUT2D eigenvalue weighted by molar-refractivity contribution is -0.385. The average molecular weight is 350 g/mol. The van der Waals surface area contributed by atoms with E-state index in [1.807, 2.05) is 0 Å². The summed E-state index contributed by atoms with van der Waals surface area (Å²) in [6.07, 6.45) is 0.818. The second kappa shape index (κ2) is 6.96. The summed E-state index contributed by atoms with van der Waals surface area (Å²) < 4.78 is 15.8. The van der Waals surface area contributed by atoms with Crippen molar-refractivity contribution in [1.82, 2.24) is 4.90 Å². The van der Waals surface area contributed by atoms with Gasteiger partial charge in [-0.15, -0.1) is 0 Å². The number of nitrogens with zero attached hydrogens (tertiary/aromatic N) is 2. The Morgan fingerprint density at radius 3 is 2.40 bits per heavy atom. The van der Waals surface area contributed by atoms with Gasteiger partial charge in [0.15, 0.2) is 17.6 Å². The summed E-state index contributed by atoms with van der Waals surface area (Å²) >= 11 is 0. The van der Waals surface area contributed by atoms with Crippen molar-refractivity contribution >= 4 is 17.6 Å². The second-order valence-electron chi connectivity index (χ2n) is 5.85. The van der Waals surface area contributed by atoms with E-state index in [1.165, 1.54) is 13.0 Å². The van der Waals surface area contributed by atoms with Crippen LogP contribution in [0.2, 0.25) is 0 Å². The third-order valence-electron chi connectivity index (χ3n) is 4.13. The van der Waals surface area contributed by atoms with Gasteiger partial charge < -0.3 is 19.1 Å². The normalized spacial score (nSPS) is 17.1. The van der Waals surface area contributed by atoms with Gasteiger partial charge in [-0.1, -0.05) is 0 Å². The van der Waals surface area contributed by atoms with Crippen molar-refractivity contribution in [3.05, 3.63) is 27.8 Å². The molecule has 2 aliphatic rings. The van der Waals surface area contributed by atoms with E-state index in [1.54, 1.807) is 4.90 Å². The van der Waals surface area contributed by atoms with Crippen LogP contribution in [-0.4, -0.2) is 54.1 Å². The first-order valence-electron chi connectivity index (χ1n) is 8.05. The van der Waals surface area contributed by atoms with Crippen molar-refractivity contribution in [2.24, 2.45) is 0 Å². The molecule has 9 nitrogen and oxygen atoms in total. The van der Waals surface area contributed by atoms with Crippen LogP contribution in [0.4, 0.5) is 5.69 Å². The minimum Gasteiger partial charge on any atom is -0.486 e. The summed E-state index contributed by atoms with van der Waals surface area (Å²) in [5, 5.41) is 11.3. The van der Waals surface area contributed by atoms with Gasteiger partial charge in [0.1, 0.15) is 18.8 Å². The summed E-state index contributed by atoms with van der Waals surface area (Å²) in [5.74, 6) is -0.798. The minimum absolute atomic E-state index is 0.204. The molecule has 134 valence electrons. The molecule has 0 radical (unpaired) electrons. The smallest absolute Gasteiger partial charge is 0.346 e. The van der Waals surface area contributed by atoms with Crippen LogP contribution in [0.3, 0.4) is 0 Å². The van der Waals surface area contributed by atoms with Crippen LogP contribution in [0, 0.1) is 10.1 Å². The zero-order chi connectivity index (χ0) is 18.0. The first-order chi connectivity index (χ1) is 12.0. The maximum atomic E-state index is 12.4. The number of hydrogen-bond acceptors (Lipinski definition) is 7. The summed E-state index contributed by atoms with van der Waals surface area (Å²) in [7, 11) is 0. The molecule has 0 aliphatic carbocycles. The molecule has 1 aromatic carbocycles. The van der Waals surface area contributed by atoms with Gasteiger partial charge >= 0.3 is 5.97 Å². The maximum Gasteiger partial charge on any atom is 0.346 e. The van der Waals surface area contributed by atoms with Gasteiger partial charge in [0, 0.05) is 19.2 Å². The molecule has 0 bridgehead atoms. The molecule has 0 aromatic heterocycles. The fraction of sp³-hybridized carbons (Fsp3) is 0.500. The SMILES string of the molecule is C[C@@H](OC(=O)c1cc2c(cc1[N+](=O)[O-])OCCO2)C(=O)N1CCCC1. The number of ether oxygens (including phenoxy) is 3. The van der Waals surface area contributed by atoms with Gasteiger partial charge in [0.2, 0.25) is 0 Å². The number of hydrogen-bond donors (Lipinski definition) is 0. The lowest BCUT2D eigenvalue weighted by Crippen LogP contribution is -2.38. The number of rotatable bonds is 4. The summed E-state index contributed by atoms with van der Waals surface area (Å²) in [6.45, 7) is 3.27. The van der Waals surface area contributed by atoms with Crippen molar-refractivity contribution < 1.29 is 28.7 Å². The fourth-order valence-electron chi connectivity index (χ4n) is 2.86. The Hall–Kier alpha value is -2.84. The molecule has 1 amide bonds. The van der Waals surface area contributed by atoms with Gasteiger partial charge in [-0.3, -0.25) is 14.9 Å². The van der Waals surface area contributed by atoms with Crippen LogP contribution in [0.25, 0.3) is 0 Å². The number of fused-ring (bicyclic) bond motifs is 1. The van der Waals surface area contributed by atoms with Gasteiger partial charge in [-0.2, -0.15) is 0 Å². The van der Waals surface area contributed by atoms with E-state index in [4.69, 9.17) is 14.2 Å². The van der Waals surface area contributed by atoms with E-state index in [0.717, 1.165) is 18.9 Å². The second-order valence-corrected chi connectivity index (χ2v) is 5.85. The maximum absolute atomic E-state index is 12.4. The first-order valence-corrected chi connectivity index (χ1v) is 8.05. The Balaban J connectivity index is 1.80. The molecule has 2 heterocycles. The van der Waals surface area contributed by atoms with Crippen molar-refractivity contribution in [3.63, 3.8) is 0 Å². The predicted molar refractivity (Wildman–Crippen MR) is 84.8 cm³/mol. The number of benzene rings is 1. The largest absolute Gasteiger partial charge is 0.486 e. The molecular formula is C16H18N2O7. The third-order valence-corrected chi connectivity index (χ3v) is 4.13. The number of carbonyl (C=O) groups excluding carboxylic acids is 2. The molecule has 25 heavy (non-hydrogen) atoms. The Morgan fingerprint density at radius 2 is 1.80 bits per heavy atom. The molecule has 9 heteroatoms.